The molecule has 96 valence electrons. The Morgan fingerprint density at radius 1 is 1.47 bits per heavy atom. The molecule has 0 aliphatic rings. The number of fused-ring (bicyclic) bond motifs is 1. The molecule has 1 amide bonds. The van der Waals surface area contributed by atoms with Crippen LogP contribution in [0.25, 0.3) is 10.2 Å². The Labute approximate surface area is 112 Å². The number of carbonyl (C=O) groups excluding carboxylic acids is 1. The summed E-state index contributed by atoms with van der Waals surface area (Å²) in [6.07, 6.45) is 1.39. The van der Waals surface area contributed by atoms with Gasteiger partial charge in [0.15, 0.2) is 5.13 Å². The van der Waals surface area contributed by atoms with Gasteiger partial charge in [0.2, 0.25) is 0 Å². The predicted molar refractivity (Wildman–Crippen MR) is 75.3 cm³/mol. The molecule has 19 heavy (non-hydrogen) atoms. The van der Waals surface area contributed by atoms with Crippen molar-refractivity contribution in [2.24, 2.45) is 0 Å². The van der Waals surface area contributed by atoms with Crippen molar-refractivity contribution in [2.75, 3.05) is 11.1 Å². The summed E-state index contributed by atoms with van der Waals surface area (Å²) in [6, 6.07) is 5.93. The molecule has 4 N–H and O–H groups in total. The van der Waals surface area contributed by atoms with E-state index in [-0.39, 0.29) is 11.7 Å². The molecule has 7 heteroatoms. The molecule has 0 aliphatic carbocycles. The highest BCUT2D eigenvalue weighted by molar-refractivity contribution is 7.22. The van der Waals surface area contributed by atoms with Crippen LogP contribution in [0, 0.1) is 6.92 Å². The normalized spacial score (nSPS) is 10.8. The zero-order valence-corrected chi connectivity index (χ0v) is 10.9. The number of anilines is 2. The van der Waals surface area contributed by atoms with Crippen LogP contribution in [-0.2, 0) is 0 Å². The molecule has 2 heterocycles. The number of amides is 1. The van der Waals surface area contributed by atoms with Gasteiger partial charge in [0, 0.05) is 0 Å². The molecule has 0 fully saturated rings. The van der Waals surface area contributed by atoms with E-state index in [0.29, 0.717) is 10.7 Å². The van der Waals surface area contributed by atoms with E-state index in [4.69, 9.17) is 5.73 Å². The standard InChI is InChI=1S/C12H11N5OS/c1-6-3-2-4-8-9(6)15-12(19-8)16-11(18)7-5-14-17-10(7)13/h2-5H,1H3,(H3,13,14,17)(H,15,16,18). The maximum absolute atomic E-state index is 12.0. The summed E-state index contributed by atoms with van der Waals surface area (Å²) in [5.41, 5.74) is 7.90. The minimum atomic E-state index is -0.317. The van der Waals surface area contributed by atoms with Crippen LogP contribution in [0.15, 0.2) is 24.4 Å². The van der Waals surface area contributed by atoms with Crippen LogP contribution in [0.3, 0.4) is 0 Å². The smallest absolute Gasteiger partial charge is 0.262 e. The number of nitrogens with zero attached hydrogens (tertiary/aromatic N) is 2. The van der Waals surface area contributed by atoms with Crippen LogP contribution in [0.5, 0.6) is 0 Å². The summed E-state index contributed by atoms with van der Waals surface area (Å²) in [5.74, 6) is -0.0715. The molecule has 0 atom stereocenters. The molecule has 2 aromatic heterocycles. The van der Waals surface area contributed by atoms with Crippen LogP contribution < -0.4 is 11.1 Å². The lowest BCUT2D eigenvalue weighted by molar-refractivity contribution is 0.102. The maximum atomic E-state index is 12.0. The van der Waals surface area contributed by atoms with Crippen molar-refractivity contribution in [3.63, 3.8) is 0 Å². The third-order valence-electron chi connectivity index (χ3n) is 2.75. The van der Waals surface area contributed by atoms with Crippen molar-refractivity contribution >= 4 is 38.4 Å². The molecule has 6 nitrogen and oxygen atoms in total. The molecule has 3 rings (SSSR count). The zero-order valence-electron chi connectivity index (χ0n) is 10.1. The number of carbonyl (C=O) groups is 1. The molecule has 3 aromatic rings. The van der Waals surface area contributed by atoms with E-state index in [9.17, 15) is 4.79 Å². The maximum Gasteiger partial charge on any atom is 0.262 e. The molecule has 0 bridgehead atoms. The second-order valence-electron chi connectivity index (χ2n) is 4.09. The average molecular weight is 273 g/mol. The topological polar surface area (TPSA) is 96.7 Å². The first kappa shape index (κ1) is 11.7. The fourth-order valence-corrected chi connectivity index (χ4v) is 2.72. The first-order chi connectivity index (χ1) is 9.15. The molecule has 0 radical (unpaired) electrons. The average Bonchev–Trinajstić information content (AvgIpc) is 2.95. The van der Waals surface area contributed by atoms with Gasteiger partial charge in [-0.1, -0.05) is 23.5 Å². The number of rotatable bonds is 2. The number of thiazole rings is 1. The Hall–Kier alpha value is -2.41. The first-order valence-electron chi connectivity index (χ1n) is 5.61. The Kier molecular flexibility index (Phi) is 2.68. The summed E-state index contributed by atoms with van der Waals surface area (Å²) in [6.45, 7) is 1.99. The molecule has 0 unspecified atom stereocenters. The summed E-state index contributed by atoms with van der Waals surface area (Å²) < 4.78 is 1.04. The third-order valence-corrected chi connectivity index (χ3v) is 3.69. The van der Waals surface area contributed by atoms with Crippen molar-refractivity contribution in [2.45, 2.75) is 6.92 Å². The minimum absolute atomic E-state index is 0.245. The number of hydrogen-bond acceptors (Lipinski definition) is 5. The van der Waals surface area contributed by atoms with Gasteiger partial charge in [0.05, 0.1) is 16.4 Å². The van der Waals surface area contributed by atoms with Crippen molar-refractivity contribution in [3.05, 3.63) is 35.5 Å². The Balaban J connectivity index is 1.92. The number of nitrogens with one attached hydrogen (secondary N) is 2. The lowest BCUT2D eigenvalue weighted by Gasteiger charge is -1.98. The quantitative estimate of drug-likeness (QED) is 0.666. The fourth-order valence-electron chi connectivity index (χ4n) is 1.78. The molecule has 0 spiro atoms. The Morgan fingerprint density at radius 2 is 2.32 bits per heavy atom. The monoisotopic (exact) mass is 273 g/mol. The van der Waals surface area contributed by atoms with Crippen LogP contribution in [0.4, 0.5) is 10.9 Å². The number of aromatic nitrogens is 3. The summed E-state index contributed by atoms with van der Waals surface area (Å²) in [5, 5.41) is 9.52. The lowest BCUT2D eigenvalue weighted by Crippen LogP contribution is -2.12. The molecule has 0 aliphatic heterocycles. The van der Waals surface area contributed by atoms with E-state index in [1.165, 1.54) is 17.5 Å². The lowest BCUT2D eigenvalue weighted by atomic mass is 10.2. The van der Waals surface area contributed by atoms with E-state index in [1.807, 2.05) is 25.1 Å². The number of hydrogen-bond donors (Lipinski definition) is 3. The van der Waals surface area contributed by atoms with Gasteiger partial charge in [0.25, 0.3) is 5.91 Å². The SMILES string of the molecule is Cc1cccc2sc(NC(=O)c3cn[nH]c3N)nc12. The van der Waals surface area contributed by atoms with Crippen LogP contribution in [0.1, 0.15) is 15.9 Å². The van der Waals surface area contributed by atoms with Crippen molar-refractivity contribution in [1.29, 1.82) is 0 Å². The van der Waals surface area contributed by atoms with Gasteiger partial charge >= 0.3 is 0 Å². The van der Waals surface area contributed by atoms with E-state index in [0.717, 1.165) is 15.8 Å². The minimum Gasteiger partial charge on any atom is -0.383 e. The van der Waals surface area contributed by atoms with Gasteiger partial charge in [0.1, 0.15) is 11.4 Å². The van der Waals surface area contributed by atoms with Crippen molar-refractivity contribution < 1.29 is 4.79 Å². The number of benzene rings is 1. The summed E-state index contributed by atoms with van der Waals surface area (Å²) in [7, 11) is 0. The number of para-hydroxylation sites is 1. The van der Waals surface area contributed by atoms with Crippen LogP contribution >= 0.6 is 11.3 Å². The van der Waals surface area contributed by atoms with E-state index in [2.05, 4.69) is 20.5 Å². The number of nitrogen functional groups attached to an aromatic ring is 1. The van der Waals surface area contributed by atoms with E-state index < -0.39 is 0 Å². The van der Waals surface area contributed by atoms with Gasteiger partial charge in [-0.2, -0.15) is 5.10 Å². The Morgan fingerprint density at radius 3 is 3.00 bits per heavy atom. The molecule has 0 saturated carbocycles. The highest BCUT2D eigenvalue weighted by Gasteiger charge is 2.14. The van der Waals surface area contributed by atoms with Gasteiger partial charge in [-0.3, -0.25) is 15.2 Å². The second kappa shape index (κ2) is 4.36. The highest BCUT2D eigenvalue weighted by atomic mass is 32.1. The molecular weight excluding hydrogens is 262 g/mol. The second-order valence-corrected chi connectivity index (χ2v) is 5.12. The van der Waals surface area contributed by atoms with Crippen molar-refractivity contribution in [3.8, 4) is 0 Å². The van der Waals surface area contributed by atoms with Gasteiger partial charge in [-0.15, -0.1) is 0 Å². The highest BCUT2D eigenvalue weighted by Crippen LogP contribution is 2.28. The Bertz CT molecular complexity index is 760. The van der Waals surface area contributed by atoms with E-state index >= 15 is 0 Å². The van der Waals surface area contributed by atoms with Crippen LogP contribution in [-0.4, -0.2) is 21.1 Å². The number of aryl methyl sites for hydroxylation is 1. The van der Waals surface area contributed by atoms with Gasteiger partial charge in [-0.25, -0.2) is 4.98 Å². The summed E-state index contributed by atoms with van der Waals surface area (Å²) in [4.78, 5) is 16.4. The number of nitrogens with two attached hydrogens (primary N) is 1. The third kappa shape index (κ3) is 2.04. The molecular formula is C12H11N5OS. The summed E-state index contributed by atoms with van der Waals surface area (Å²) >= 11 is 1.43. The van der Waals surface area contributed by atoms with Crippen LogP contribution in [0.2, 0.25) is 0 Å². The molecule has 0 saturated heterocycles. The predicted octanol–water partition coefficient (Wildman–Crippen LogP) is 2.16. The van der Waals surface area contributed by atoms with Gasteiger partial charge < -0.3 is 5.73 Å². The van der Waals surface area contributed by atoms with Gasteiger partial charge in [-0.05, 0) is 18.6 Å². The number of aromatic amines is 1. The largest absolute Gasteiger partial charge is 0.383 e. The fraction of sp³-hybridized carbons (Fsp3) is 0.0833. The zero-order chi connectivity index (χ0) is 13.4. The first-order valence-corrected chi connectivity index (χ1v) is 6.43. The van der Waals surface area contributed by atoms with Crippen molar-refractivity contribution in [1.82, 2.24) is 15.2 Å². The number of H-pyrrole nitrogens is 1. The van der Waals surface area contributed by atoms with E-state index in [1.54, 1.807) is 0 Å². The molecule has 1 aromatic carbocycles.